The molecule has 2 aromatic rings. The molecule has 3 rings (SSSR count). The molecule has 1 aromatic heterocycles. The summed E-state index contributed by atoms with van der Waals surface area (Å²) >= 11 is 0. The summed E-state index contributed by atoms with van der Waals surface area (Å²) in [4.78, 5) is 4.70. The lowest BCUT2D eigenvalue weighted by Gasteiger charge is -2.22. The Labute approximate surface area is 126 Å². The average molecular weight is 284 g/mol. The second-order valence-electron chi connectivity index (χ2n) is 5.99. The molecule has 1 heterocycles. The molecule has 0 radical (unpaired) electrons. The third-order valence-corrected chi connectivity index (χ3v) is 4.63. The molecule has 2 unspecified atom stereocenters. The third kappa shape index (κ3) is 3.03. The van der Waals surface area contributed by atoms with Crippen LogP contribution in [0, 0.1) is 5.92 Å². The molecule has 3 nitrogen and oxygen atoms in total. The Kier molecular flexibility index (Phi) is 4.39. The Balaban J connectivity index is 1.92. The number of aryl methyl sites for hydroxylation is 1. The van der Waals surface area contributed by atoms with Crippen LogP contribution in [0.3, 0.4) is 0 Å². The molecule has 0 saturated heterocycles. The number of hydrogen-bond acceptors (Lipinski definition) is 3. The van der Waals surface area contributed by atoms with E-state index in [4.69, 9.17) is 4.98 Å². The van der Waals surface area contributed by atoms with Crippen molar-refractivity contribution >= 4 is 16.6 Å². The van der Waals surface area contributed by atoms with Gasteiger partial charge in [-0.2, -0.15) is 0 Å². The SMILES string of the molecule is CCc1cc(NC2CCCC2CCO)c2ccccc2n1. The zero-order valence-corrected chi connectivity index (χ0v) is 12.7. The monoisotopic (exact) mass is 284 g/mol. The highest BCUT2D eigenvalue weighted by Gasteiger charge is 2.27. The van der Waals surface area contributed by atoms with Crippen molar-refractivity contribution in [3.63, 3.8) is 0 Å². The van der Waals surface area contributed by atoms with Gasteiger partial charge in [-0.15, -0.1) is 0 Å². The number of anilines is 1. The minimum atomic E-state index is 0.292. The number of benzene rings is 1. The zero-order chi connectivity index (χ0) is 14.7. The molecule has 0 amide bonds. The molecule has 0 bridgehead atoms. The van der Waals surface area contributed by atoms with Crippen molar-refractivity contribution in [3.8, 4) is 0 Å². The summed E-state index contributed by atoms with van der Waals surface area (Å²) in [5.74, 6) is 0.590. The van der Waals surface area contributed by atoms with E-state index >= 15 is 0 Å². The van der Waals surface area contributed by atoms with Crippen LogP contribution in [0.2, 0.25) is 0 Å². The van der Waals surface area contributed by atoms with Crippen molar-refractivity contribution in [2.24, 2.45) is 5.92 Å². The lowest BCUT2D eigenvalue weighted by molar-refractivity contribution is 0.254. The van der Waals surface area contributed by atoms with E-state index in [2.05, 4.69) is 36.5 Å². The number of rotatable bonds is 5. The zero-order valence-electron chi connectivity index (χ0n) is 12.7. The van der Waals surface area contributed by atoms with Crippen molar-refractivity contribution in [1.29, 1.82) is 0 Å². The Morgan fingerprint density at radius 3 is 2.95 bits per heavy atom. The number of para-hydroxylation sites is 1. The molecule has 0 spiro atoms. The number of pyridine rings is 1. The minimum Gasteiger partial charge on any atom is -0.396 e. The van der Waals surface area contributed by atoms with E-state index in [-0.39, 0.29) is 0 Å². The molecule has 112 valence electrons. The molecule has 2 N–H and O–H groups in total. The van der Waals surface area contributed by atoms with Gasteiger partial charge in [0.15, 0.2) is 0 Å². The van der Waals surface area contributed by atoms with Crippen LogP contribution in [0.15, 0.2) is 30.3 Å². The van der Waals surface area contributed by atoms with Gasteiger partial charge in [0.05, 0.1) is 5.52 Å². The van der Waals surface area contributed by atoms with Crippen LogP contribution in [0.5, 0.6) is 0 Å². The first-order valence-electron chi connectivity index (χ1n) is 8.08. The number of nitrogens with zero attached hydrogens (tertiary/aromatic N) is 1. The van der Waals surface area contributed by atoms with Crippen molar-refractivity contribution < 1.29 is 5.11 Å². The van der Waals surface area contributed by atoms with Gasteiger partial charge in [0, 0.05) is 29.4 Å². The minimum absolute atomic E-state index is 0.292. The smallest absolute Gasteiger partial charge is 0.0726 e. The molecule has 1 fully saturated rings. The van der Waals surface area contributed by atoms with E-state index in [0.29, 0.717) is 18.6 Å². The number of aliphatic hydroxyl groups is 1. The molecule has 21 heavy (non-hydrogen) atoms. The number of fused-ring (bicyclic) bond motifs is 1. The van der Waals surface area contributed by atoms with Gasteiger partial charge in [0.25, 0.3) is 0 Å². The van der Waals surface area contributed by atoms with E-state index in [0.717, 1.165) is 24.1 Å². The molecular weight excluding hydrogens is 260 g/mol. The highest BCUT2D eigenvalue weighted by molar-refractivity contribution is 5.91. The fourth-order valence-corrected chi connectivity index (χ4v) is 3.47. The predicted octanol–water partition coefficient (Wildman–Crippen LogP) is 3.76. The normalized spacial score (nSPS) is 21.8. The summed E-state index contributed by atoms with van der Waals surface area (Å²) in [6.45, 7) is 2.44. The predicted molar refractivity (Wildman–Crippen MR) is 87.6 cm³/mol. The van der Waals surface area contributed by atoms with Gasteiger partial charge in [-0.1, -0.05) is 31.5 Å². The maximum atomic E-state index is 9.23. The van der Waals surface area contributed by atoms with Gasteiger partial charge in [0.2, 0.25) is 0 Å². The Morgan fingerprint density at radius 1 is 1.29 bits per heavy atom. The van der Waals surface area contributed by atoms with Gasteiger partial charge >= 0.3 is 0 Å². The molecule has 1 aliphatic carbocycles. The van der Waals surface area contributed by atoms with E-state index in [9.17, 15) is 5.11 Å². The summed E-state index contributed by atoms with van der Waals surface area (Å²) in [5, 5.41) is 14.2. The lowest BCUT2D eigenvalue weighted by Crippen LogP contribution is -2.25. The Hall–Kier alpha value is -1.61. The molecule has 2 atom stereocenters. The first kappa shape index (κ1) is 14.3. The first-order chi connectivity index (χ1) is 10.3. The number of aliphatic hydroxyl groups excluding tert-OH is 1. The van der Waals surface area contributed by atoms with Crippen molar-refractivity contribution in [2.45, 2.75) is 45.1 Å². The van der Waals surface area contributed by atoms with E-state index in [1.807, 2.05) is 6.07 Å². The largest absolute Gasteiger partial charge is 0.396 e. The summed E-state index contributed by atoms with van der Waals surface area (Å²) in [6, 6.07) is 11.0. The van der Waals surface area contributed by atoms with Crippen LogP contribution in [-0.4, -0.2) is 22.7 Å². The van der Waals surface area contributed by atoms with Gasteiger partial charge in [-0.25, -0.2) is 0 Å². The Morgan fingerprint density at radius 2 is 2.14 bits per heavy atom. The molecule has 0 aliphatic heterocycles. The van der Waals surface area contributed by atoms with Crippen LogP contribution in [0.4, 0.5) is 5.69 Å². The van der Waals surface area contributed by atoms with Crippen LogP contribution in [-0.2, 0) is 6.42 Å². The molecule has 3 heteroatoms. The summed E-state index contributed by atoms with van der Waals surface area (Å²) in [6.07, 6.45) is 5.53. The first-order valence-corrected chi connectivity index (χ1v) is 8.08. The Bertz CT molecular complexity index is 611. The highest BCUT2D eigenvalue weighted by Crippen LogP contribution is 2.33. The maximum absolute atomic E-state index is 9.23. The molecule has 1 saturated carbocycles. The van der Waals surface area contributed by atoms with E-state index in [1.165, 1.54) is 30.3 Å². The summed E-state index contributed by atoms with van der Waals surface area (Å²) < 4.78 is 0. The summed E-state index contributed by atoms with van der Waals surface area (Å²) in [5.41, 5.74) is 3.40. The summed E-state index contributed by atoms with van der Waals surface area (Å²) in [7, 11) is 0. The van der Waals surface area contributed by atoms with Crippen LogP contribution in [0.25, 0.3) is 10.9 Å². The number of nitrogens with one attached hydrogen (secondary N) is 1. The van der Waals surface area contributed by atoms with E-state index < -0.39 is 0 Å². The quantitative estimate of drug-likeness (QED) is 0.878. The highest BCUT2D eigenvalue weighted by atomic mass is 16.3. The van der Waals surface area contributed by atoms with Crippen LogP contribution in [0.1, 0.15) is 38.3 Å². The van der Waals surface area contributed by atoms with Gasteiger partial charge in [-0.05, 0) is 43.7 Å². The number of aromatic nitrogens is 1. The van der Waals surface area contributed by atoms with Crippen molar-refractivity contribution in [2.75, 3.05) is 11.9 Å². The second-order valence-corrected chi connectivity index (χ2v) is 5.99. The molecule has 1 aliphatic rings. The topological polar surface area (TPSA) is 45.1 Å². The third-order valence-electron chi connectivity index (χ3n) is 4.63. The van der Waals surface area contributed by atoms with Crippen LogP contribution < -0.4 is 5.32 Å². The van der Waals surface area contributed by atoms with Gasteiger partial charge in [-0.3, -0.25) is 4.98 Å². The average Bonchev–Trinajstić information content (AvgIpc) is 2.94. The fraction of sp³-hybridized carbons (Fsp3) is 0.500. The van der Waals surface area contributed by atoms with Gasteiger partial charge < -0.3 is 10.4 Å². The van der Waals surface area contributed by atoms with Gasteiger partial charge in [0.1, 0.15) is 0 Å². The van der Waals surface area contributed by atoms with Crippen molar-refractivity contribution in [3.05, 3.63) is 36.0 Å². The second kappa shape index (κ2) is 6.44. The standard InChI is InChI=1S/C18H24N2O/c1-2-14-12-18(15-7-3-4-8-17(15)19-14)20-16-9-5-6-13(16)10-11-21/h3-4,7-8,12-13,16,21H,2,5-6,9-11H2,1H3,(H,19,20). The van der Waals surface area contributed by atoms with Crippen LogP contribution >= 0.6 is 0 Å². The van der Waals surface area contributed by atoms with Crippen molar-refractivity contribution in [1.82, 2.24) is 4.98 Å². The molecule has 1 aromatic carbocycles. The molecular formula is C18H24N2O. The van der Waals surface area contributed by atoms with E-state index in [1.54, 1.807) is 0 Å². The fourth-order valence-electron chi connectivity index (χ4n) is 3.47. The maximum Gasteiger partial charge on any atom is 0.0726 e. The lowest BCUT2D eigenvalue weighted by atomic mass is 9.99. The number of hydrogen-bond donors (Lipinski definition) is 2.